The Bertz CT molecular complexity index is 1280. The Kier molecular flexibility index (Phi) is 6.67. The van der Waals surface area contributed by atoms with Crippen LogP contribution in [0.5, 0.6) is 5.75 Å². The van der Waals surface area contributed by atoms with Gasteiger partial charge in [-0.2, -0.15) is 0 Å². The Morgan fingerprint density at radius 2 is 1.89 bits per heavy atom. The number of nitrogens with zero attached hydrogens (tertiary/aromatic N) is 2. The maximum atomic E-state index is 13.1. The number of benzene rings is 1. The molecule has 1 unspecified atom stereocenters. The van der Waals surface area contributed by atoms with Crippen molar-refractivity contribution in [1.29, 1.82) is 0 Å². The van der Waals surface area contributed by atoms with Gasteiger partial charge in [0.05, 0.1) is 19.1 Å². The second kappa shape index (κ2) is 9.15. The van der Waals surface area contributed by atoms with Gasteiger partial charge in [0.1, 0.15) is 23.0 Å². The van der Waals surface area contributed by atoms with E-state index in [0.29, 0.717) is 17.5 Å². The van der Waals surface area contributed by atoms with Gasteiger partial charge >= 0.3 is 11.9 Å². The Hall–Kier alpha value is -2.56. The summed E-state index contributed by atoms with van der Waals surface area (Å²) in [5.74, 6) is 1.55. The second-order valence-corrected chi connectivity index (χ2v) is 12.4. The smallest absolute Gasteiger partial charge is 0.402 e. The molecule has 8 nitrogen and oxygen atoms in total. The van der Waals surface area contributed by atoms with Crippen LogP contribution < -0.4 is 15.0 Å². The number of rotatable bonds is 8. The lowest BCUT2D eigenvalue weighted by molar-refractivity contribution is -0.610. The first-order chi connectivity index (χ1) is 16.4. The molecule has 2 heterocycles. The summed E-state index contributed by atoms with van der Waals surface area (Å²) in [6.07, 6.45) is 1.91. The molecule has 10 heteroatoms. The molecule has 0 aliphatic heterocycles. The number of methoxy groups -OCH3 is 1. The average molecular weight is 516 g/mol. The van der Waals surface area contributed by atoms with Crippen LogP contribution in [-0.2, 0) is 26.2 Å². The molecule has 0 fully saturated rings. The zero-order chi connectivity index (χ0) is 25.7. The van der Waals surface area contributed by atoms with Crippen LogP contribution in [0.3, 0.4) is 0 Å². The highest BCUT2D eigenvalue weighted by atomic mass is 33.1. The first kappa shape index (κ1) is 25.5. The predicted molar refractivity (Wildman–Crippen MR) is 139 cm³/mol. The van der Waals surface area contributed by atoms with E-state index in [2.05, 4.69) is 11.1 Å². The minimum atomic E-state index is -1.01. The van der Waals surface area contributed by atoms with Crippen molar-refractivity contribution in [3.63, 3.8) is 0 Å². The summed E-state index contributed by atoms with van der Waals surface area (Å²) >= 11 is 0. The first-order valence-electron chi connectivity index (χ1n) is 11.3. The van der Waals surface area contributed by atoms with Crippen molar-refractivity contribution in [2.75, 3.05) is 12.9 Å². The van der Waals surface area contributed by atoms with Gasteiger partial charge in [-0.25, -0.2) is 9.55 Å². The normalized spacial score (nSPS) is 16.9. The van der Waals surface area contributed by atoms with E-state index in [4.69, 9.17) is 20.6 Å². The average Bonchev–Trinajstić information content (AvgIpc) is 3.28. The molecular formula is C25H31N4O4S2+. The van der Waals surface area contributed by atoms with Crippen molar-refractivity contribution in [1.82, 2.24) is 9.97 Å². The van der Waals surface area contributed by atoms with Crippen LogP contribution in [0.4, 0.5) is 0 Å². The van der Waals surface area contributed by atoms with Crippen LogP contribution >= 0.6 is 21.6 Å². The van der Waals surface area contributed by atoms with Gasteiger partial charge in [-0.1, -0.05) is 26.6 Å². The summed E-state index contributed by atoms with van der Waals surface area (Å²) in [7, 11) is 4.60. The van der Waals surface area contributed by atoms with Gasteiger partial charge in [-0.15, -0.1) is 0 Å². The Labute approximate surface area is 212 Å². The molecule has 2 aromatic heterocycles. The summed E-state index contributed by atoms with van der Waals surface area (Å²) < 4.78 is 7.53. The zero-order valence-electron chi connectivity index (χ0n) is 20.8. The third kappa shape index (κ3) is 4.32. The fourth-order valence-electron chi connectivity index (χ4n) is 4.79. The number of H-pyrrole nitrogens is 1. The van der Waals surface area contributed by atoms with Gasteiger partial charge in [-0.05, 0) is 57.9 Å². The number of nitrogens with one attached hydrogen (secondary N) is 1. The number of carboxylic acids is 1. The highest BCUT2D eigenvalue weighted by molar-refractivity contribution is 8.76. The number of pyridine rings is 1. The fourth-order valence-corrected chi connectivity index (χ4v) is 7.03. The third-order valence-electron chi connectivity index (χ3n) is 6.85. The van der Waals surface area contributed by atoms with Gasteiger partial charge in [0.25, 0.3) is 0 Å². The second-order valence-electron chi connectivity index (χ2n) is 9.87. The first-order valence-corrected chi connectivity index (χ1v) is 13.8. The fraction of sp³-hybridized carbons (Fsp3) is 0.440. The van der Waals surface area contributed by atoms with E-state index >= 15 is 0 Å². The number of aromatic amines is 1. The van der Waals surface area contributed by atoms with E-state index < -0.39 is 22.8 Å². The van der Waals surface area contributed by atoms with Gasteiger partial charge in [0, 0.05) is 28.2 Å². The molecule has 0 saturated carbocycles. The summed E-state index contributed by atoms with van der Waals surface area (Å²) in [6, 6.07) is 5.09. The number of carboxylic acid groups (broad SMARTS) is 1. The lowest BCUT2D eigenvalue weighted by atomic mass is 9.80. The van der Waals surface area contributed by atoms with Crippen LogP contribution in [0.15, 0.2) is 24.4 Å². The maximum Gasteiger partial charge on any atom is 0.402 e. The molecule has 1 aliphatic carbocycles. The Balaban J connectivity index is 1.72. The monoisotopic (exact) mass is 515 g/mol. The Morgan fingerprint density at radius 3 is 2.51 bits per heavy atom. The molecule has 4 N–H and O–H groups in total. The molecule has 1 aromatic carbocycles. The standard InChI is InChI=1S/C25H30N4O4S2/c1-13-19(12-35-34-11-16(26)21(30)31)29(8-7-20(13)33-6)23-27-17-9-14-15(10-18(17)28-23)25(4,5)22(32)24(14,2)3/h7-10,16H,11-12,26H2,1-6H3,(H-,27,28,30,31)/p+1. The summed E-state index contributed by atoms with van der Waals surface area (Å²) in [5, 5.41) is 9.01. The number of aromatic nitrogens is 3. The number of ether oxygens (including phenoxy) is 1. The molecular weight excluding hydrogens is 484 g/mol. The lowest BCUT2D eigenvalue weighted by Crippen LogP contribution is -2.37. The molecule has 1 atom stereocenters. The molecule has 0 radical (unpaired) electrons. The highest BCUT2D eigenvalue weighted by Crippen LogP contribution is 2.47. The lowest BCUT2D eigenvalue weighted by Gasteiger charge is -2.21. The minimum Gasteiger partial charge on any atom is -0.496 e. The van der Waals surface area contributed by atoms with Gasteiger partial charge in [0.2, 0.25) is 0 Å². The number of ketones is 1. The topological polar surface area (TPSA) is 122 Å². The van der Waals surface area contributed by atoms with E-state index in [1.54, 1.807) is 7.11 Å². The molecule has 0 amide bonds. The number of fused-ring (bicyclic) bond motifs is 2. The number of aliphatic carboxylic acids is 1. The largest absolute Gasteiger partial charge is 0.496 e. The van der Waals surface area contributed by atoms with E-state index in [1.165, 1.54) is 21.6 Å². The molecule has 0 saturated heterocycles. The van der Waals surface area contributed by atoms with Gasteiger partial charge in [-0.3, -0.25) is 9.59 Å². The number of hydrogen-bond acceptors (Lipinski definition) is 7. The van der Waals surface area contributed by atoms with Crippen LogP contribution in [0.1, 0.15) is 50.1 Å². The number of carbonyl (C=O) groups excluding carboxylic acids is 1. The molecule has 4 rings (SSSR count). The predicted octanol–water partition coefficient (Wildman–Crippen LogP) is 3.59. The number of hydrogen-bond donors (Lipinski definition) is 3. The highest BCUT2D eigenvalue weighted by Gasteiger charge is 2.50. The van der Waals surface area contributed by atoms with Crippen molar-refractivity contribution in [2.24, 2.45) is 5.73 Å². The van der Waals surface area contributed by atoms with Crippen LogP contribution in [0.2, 0.25) is 0 Å². The molecule has 186 valence electrons. The van der Waals surface area contributed by atoms with E-state index in [1.807, 2.05) is 57.5 Å². The molecule has 0 bridgehead atoms. The molecule has 1 aliphatic rings. The van der Waals surface area contributed by atoms with Crippen molar-refractivity contribution < 1.29 is 24.0 Å². The number of carbonyl (C=O) groups is 2. The van der Waals surface area contributed by atoms with Crippen molar-refractivity contribution in [2.45, 2.75) is 57.2 Å². The third-order valence-corrected chi connectivity index (χ3v) is 9.17. The SMILES string of the molecule is COc1cc[n+](-c2nc3cc4c(cc3[nH]2)C(C)(C)C(=O)C4(C)C)c(CSSCC(N)C(=O)O)c1C. The zero-order valence-corrected chi connectivity index (χ0v) is 22.4. The molecule has 35 heavy (non-hydrogen) atoms. The summed E-state index contributed by atoms with van der Waals surface area (Å²) in [5.41, 5.74) is 10.2. The van der Waals surface area contributed by atoms with E-state index in [9.17, 15) is 9.59 Å². The van der Waals surface area contributed by atoms with Crippen molar-refractivity contribution in [3.05, 3.63) is 46.8 Å². The minimum absolute atomic E-state index is 0.215. The van der Waals surface area contributed by atoms with Crippen LogP contribution in [-0.4, -0.2) is 45.7 Å². The quantitative estimate of drug-likeness (QED) is 0.236. The van der Waals surface area contributed by atoms with Crippen LogP contribution in [0.25, 0.3) is 17.0 Å². The van der Waals surface area contributed by atoms with E-state index in [0.717, 1.165) is 39.2 Å². The number of imidazole rings is 1. The van der Waals surface area contributed by atoms with E-state index in [-0.39, 0.29) is 5.78 Å². The van der Waals surface area contributed by atoms with Gasteiger partial charge < -0.3 is 15.6 Å². The number of Topliss-reactive ketones (excluding diaryl/α,β-unsaturated/α-hetero) is 1. The maximum absolute atomic E-state index is 13.1. The Morgan fingerprint density at radius 1 is 1.23 bits per heavy atom. The van der Waals surface area contributed by atoms with Crippen LogP contribution in [0, 0.1) is 6.92 Å². The molecule has 0 spiro atoms. The van der Waals surface area contributed by atoms with Gasteiger partial charge in [0.15, 0.2) is 11.3 Å². The molecule has 3 aromatic rings. The summed E-state index contributed by atoms with van der Waals surface area (Å²) in [4.78, 5) is 32.4. The van der Waals surface area contributed by atoms with Crippen molar-refractivity contribution in [3.8, 4) is 11.7 Å². The van der Waals surface area contributed by atoms with Crippen molar-refractivity contribution >= 4 is 44.4 Å². The number of nitrogens with two attached hydrogens (primary N) is 1. The summed E-state index contributed by atoms with van der Waals surface area (Å²) in [6.45, 7) is 9.92.